The third kappa shape index (κ3) is 4.89. The summed E-state index contributed by atoms with van der Waals surface area (Å²) in [6, 6.07) is 15.0. The lowest BCUT2D eigenvalue weighted by molar-refractivity contribution is -0.384. The summed E-state index contributed by atoms with van der Waals surface area (Å²) in [7, 11) is 0. The first-order valence-electron chi connectivity index (χ1n) is 10.0. The second-order valence-corrected chi connectivity index (χ2v) is 7.16. The summed E-state index contributed by atoms with van der Waals surface area (Å²) in [4.78, 5) is 15.3. The van der Waals surface area contributed by atoms with Crippen molar-refractivity contribution < 1.29 is 27.2 Å². The summed E-state index contributed by atoms with van der Waals surface area (Å²) in [5.74, 6) is -0.201. The molecule has 0 saturated heterocycles. The first-order valence-corrected chi connectivity index (χ1v) is 10.0. The molecule has 0 spiro atoms. The third-order valence-electron chi connectivity index (χ3n) is 4.81. The van der Waals surface area contributed by atoms with Crippen molar-refractivity contribution in [2.45, 2.75) is 19.7 Å². The van der Waals surface area contributed by atoms with Gasteiger partial charge in [0.2, 0.25) is 5.89 Å². The maximum Gasteiger partial charge on any atom is 0.573 e. The molecule has 0 atom stereocenters. The van der Waals surface area contributed by atoms with E-state index in [1.807, 2.05) is 6.92 Å². The fraction of sp³-hybridized carbons (Fsp3) is 0.174. The van der Waals surface area contributed by atoms with Crippen LogP contribution >= 0.6 is 0 Å². The molecule has 170 valence electrons. The van der Waals surface area contributed by atoms with Gasteiger partial charge >= 0.3 is 6.36 Å². The lowest BCUT2D eigenvalue weighted by Crippen LogP contribution is -2.17. The molecule has 10 heteroatoms. The number of oxazole rings is 1. The fourth-order valence-corrected chi connectivity index (χ4v) is 3.39. The number of alkyl halides is 3. The average Bonchev–Trinajstić information content (AvgIpc) is 3.20. The van der Waals surface area contributed by atoms with Gasteiger partial charge in [0.1, 0.15) is 11.3 Å². The van der Waals surface area contributed by atoms with Crippen LogP contribution in [0.3, 0.4) is 0 Å². The molecular weight excluding hydrogens is 439 g/mol. The Labute approximate surface area is 186 Å². The van der Waals surface area contributed by atoms with Gasteiger partial charge in [0.05, 0.1) is 10.5 Å². The number of hydrogen-bond acceptors (Lipinski definition) is 6. The highest BCUT2D eigenvalue weighted by atomic mass is 19.4. The molecule has 0 bridgehead atoms. The molecule has 0 aliphatic rings. The van der Waals surface area contributed by atoms with Gasteiger partial charge < -0.3 is 14.5 Å². The molecule has 4 rings (SSSR count). The van der Waals surface area contributed by atoms with E-state index in [0.29, 0.717) is 40.0 Å². The summed E-state index contributed by atoms with van der Waals surface area (Å²) >= 11 is 0. The Balaban J connectivity index is 1.82. The van der Waals surface area contributed by atoms with Crippen LogP contribution in [-0.2, 0) is 0 Å². The number of aromatic nitrogens is 1. The first-order chi connectivity index (χ1) is 15.7. The largest absolute Gasteiger partial charge is 0.573 e. The number of nitro groups is 1. The summed E-state index contributed by atoms with van der Waals surface area (Å²) in [6.45, 7) is 2.63. The number of ether oxygens (including phenoxy) is 1. The number of hydrogen-bond donors (Lipinski definition) is 1. The normalized spacial score (nSPS) is 11.5. The van der Waals surface area contributed by atoms with Crippen molar-refractivity contribution in [3.63, 3.8) is 0 Å². The number of nitro benzene ring substituents is 1. The van der Waals surface area contributed by atoms with Crippen molar-refractivity contribution in [1.82, 2.24) is 4.98 Å². The minimum Gasteiger partial charge on any atom is -0.436 e. The van der Waals surface area contributed by atoms with Crippen LogP contribution in [0, 0.1) is 10.1 Å². The van der Waals surface area contributed by atoms with Gasteiger partial charge in [-0.3, -0.25) is 10.1 Å². The van der Waals surface area contributed by atoms with Gasteiger partial charge in [-0.25, -0.2) is 4.98 Å². The molecule has 1 aromatic heterocycles. The summed E-state index contributed by atoms with van der Waals surface area (Å²) < 4.78 is 47.8. The van der Waals surface area contributed by atoms with E-state index in [1.54, 1.807) is 30.3 Å². The third-order valence-corrected chi connectivity index (χ3v) is 4.81. The Hall–Kier alpha value is -4.08. The van der Waals surface area contributed by atoms with E-state index < -0.39 is 11.3 Å². The van der Waals surface area contributed by atoms with E-state index in [9.17, 15) is 23.3 Å². The second kappa shape index (κ2) is 8.81. The number of halogens is 3. The molecule has 4 aromatic rings. The van der Waals surface area contributed by atoms with E-state index in [1.165, 1.54) is 30.3 Å². The summed E-state index contributed by atoms with van der Waals surface area (Å²) in [6.07, 6.45) is -3.97. The Morgan fingerprint density at radius 2 is 1.88 bits per heavy atom. The topological polar surface area (TPSA) is 90.4 Å². The quantitative estimate of drug-likeness (QED) is 0.243. The number of fused-ring (bicyclic) bond motifs is 1. The van der Waals surface area contributed by atoms with Gasteiger partial charge in [0.25, 0.3) is 5.69 Å². The zero-order chi connectivity index (χ0) is 23.6. The molecule has 1 N–H and O–H groups in total. The summed E-state index contributed by atoms with van der Waals surface area (Å²) in [5.41, 5.74) is 2.69. The van der Waals surface area contributed by atoms with E-state index >= 15 is 0 Å². The molecule has 0 amide bonds. The highest BCUT2D eigenvalue weighted by molar-refractivity contribution is 5.93. The van der Waals surface area contributed by atoms with Crippen LogP contribution in [0.15, 0.2) is 65.1 Å². The number of nitrogens with one attached hydrogen (secondary N) is 1. The van der Waals surface area contributed by atoms with Crippen molar-refractivity contribution in [2.75, 3.05) is 11.9 Å². The number of anilines is 1. The highest BCUT2D eigenvalue weighted by Gasteiger charge is 2.31. The van der Waals surface area contributed by atoms with Crippen LogP contribution in [0.1, 0.15) is 13.3 Å². The number of non-ortho nitro benzene ring substituents is 1. The standard InChI is InChI=1S/C23H18F3N3O4/c1-2-11-27-19-10-9-15(29(30)31)13-18(19)22-28-21-17(7-4-8-20(21)32-22)14-5-3-6-16(12-14)33-23(24,25)26/h3-10,12-13,27H,2,11H2,1H3. The van der Waals surface area contributed by atoms with Gasteiger partial charge in [-0.15, -0.1) is 13.2 Å². The van der Waals surface area contributed by atoms with E-state index in [-0.39, 0.29) is 17.3 Å². The van der Waals surface area contributed by atoms with Crippen LogP contribution in [-0.4, -0.2) is 22.8 Å². The predicted molar refractivity (Wildman–Crippen MR) is 117 cm³/mol. The highest BCUT2D eigenvalue weighted by Crippen LogP contribution is 2.37. The van der Waals surface area contributed by atoms with Crippen molar-refractivity contribution in [1.29, 1.82) is 0 Å². The molecule has 0 aliphatic heterocycles. The zero-order valence-corrected chi connectivity index (χ0v) is 17.3. The van der Waals surface area contributed by atoms with E-state index in [0.717, 1.165) is 6.42 Å². The minimum atomic E-state index is -4.81. The number of nitrogens with zero attached hydrogens (tertiary/aromatic N) is 2. The molecule has 0 fully saturated rings. The van der Waals surface area contributed by atoms with Gasteiger partial charge in [-0.1, -0.05) is 31.2 Å². The molecule has 3 aromatic carbocycles. The smallest absolute Gasteiger partial charge is 0.436 e. The Morgan fingerprint density at radius 1 is 1.09 bits per heavy atom. The van der Waals surface area contributed by atoms with Gasteiger partial charge in [-0.2, -0.15) is 0 Å². The maximum absolute atomic E-state index is 12.6. The minimum absolute atomic E-state index is 0.119. The second-order valence-electron chi connectivity index (χ2n) is 7.16. The molecule has 7 nitrogen and oxygen atoms in total. The molecule has 0 unspecified atom stereocenters. The van der Waals surface area contributed by atoms with Crippen molar-refractivity contribution >= 4 is 22.5 Å². The lowest BCUT2D eigenvalue weighted by atomic mass is 10.0. The molecule has 0 radical (unpaired) electrons. The zero-order valence-electron chi connectivity index (χ0n) is 17.3. The average molecular weight is 457 g/mol. The van der Waals surface area contributed by atoms with Crippen molar-refractivity contribution in [3.05, 3.63) is 70.8 Å². The SMILES string of the molecule is CCCNc1ccc([N+](=O)[O-])cc1-c1nc2c(-c3cccc(OC(F)(F)F)c3)cccc2o1. The molecule has 1 heterocycles. The van der Waals surface area contributed by atoms with Crippen LogP contribution in [0.5, 0.6) is 5.75 Å². The number of para-hydroxylation sites is 1. The fourth-order valence-electron chi connectivity index (χ4n) is 3.39. The van der Waals surface area contributed by atoms with Crippen LogP contribution in [0.4, 0.5) is 24.5 Å². The molecular formula is C23H18F3N3O4. The lowest BCUT2D eigenvalue weighted by Gasteiger charge is -2.10. The van der Waals surface area contributed by atoms with E-state index in [2.05, 4.69) is 15.0 Å². The van der Waals surface area contributed by atoms with Gasteiger partial charge in [0.15, 0.2) is 5.58 Å². The van der Waals surface area contributed by atoms with Crippen molar-refractivity contribution in [3.8, 4) is 28.3 Å². The van der Waals surface area contributed by atoms with E-state index in [4.69, 9.17) is 4.42 Å². The number of rotatable bonds is 7. The molecule has 0 aliphatic carbocycles. The Morgan fingerprint density at radius 3 is 2.61 bits per heavy atom. The van der Waals surface area contributed by atoms with Crippen LogP contribution in [0.2, 0.25) is 0 Å². The summed E-state index contributed by atoms with van der Waals surface area (Å²) in [5, 5.41) is 14.5. The van der Waals surface area contributed by atoms with Crippen LogP contribution in [0.25, 0.3) is 33.7 Å². The Kier molecular flexibility index (Phi) is 5.91. The molecule has 0 saturated carbocycles. The monoisotopic (exact) mass is 457 g/mol. The van der Waals surface area contributed by atoms with Crippen LogP contribution < -0.4 is 10.1 Å². The van der Waals surface area contributed by atoms with Crippen molar-refractivity contribution in [2.24, 2.45) is 0 Å². The Bertz CT molecular complexity index is 1320. The maximum atomic E-state index is 12.6. The number of benzene rings is 3. The van der Waals surface area contributed by atoms with Gasteiger partial charge in [-0.05, 0) is 36.2 Å². The van der Waals surface area contributed by atoms with Gasteiger partial charge in [0, 0.05) is 29.9 Å². The first kappa shape index (κ1) is 22.1. The molecule has 33 heavy (non-hydrogen) atoms. The predicted octanol–water partition coefficient (Wildman–Crippen LogP) is 6.79.